The summed E-state index contributed by atoms with van der Waals surface area (Å²) < 4.78 is 0. The van der Waals surface area contributed by atoms with Crippen LogP contribution in [0.3, 0.4) is 0 Å². The van der Waals surface area contributed by atoms with Crippen molar-refractivity contribution < 1.29 is 0 Å². The molecule has 1 saturated heterocycles. The molecule has 12 heavy (non-hydrogen) atoms. The van der Waals surface area contributed by atoms with Crippen LogP contribution >= 0.6 is 0 Å². The van der Waals surface area contributed by atoms with Crippen LogP contribution in [0.15, 0.2) is 0 Å². The van der Waals surface area contributed by atoms with Gasteiger partial charge >= 0.3 is 0 Å². The van der Waals surface area contributed by atoms with Gasteiger partial charge in [-0.1, -0.05) is 19.3 Å². The third-order valence-electron chi connectivity index (χ3n) is 3.29. The van der Waals surface area contributed by atoms with Gasteiger partial charge in [0.15, 0.2) is 0 Å². The minimum atomic E-state index is 0.777. The van der Waals surface area contributed by atoms with Crippen LogP contribution in [0.1, 0.15) is 32.1 Å². The van der Waals surface area contributed by atoms with E-state index in [0.717, 1.165) is 18.5 Å². The first-order valence-electron chi connectivity index (χ1n) is 5.41. The van der Waals surface area contributed by atoms with E-state index in [-0.39, 0.29) is 0 Å². The molecule has 0 bridgehead atoms. The topological polar surface area (TPSA) is 24.1 Å². The van der Waals surface area contributed by atoms with Gasteiger partial charge in [-0.25, -0.2) is 0 Å². The molecule has 2 heteroatoms. The molecule has 0 aromatic heterocycles. The SMILES string of the molecule is C1CCC([C@H]2CNCCN2)CC1. The highest BCUT2D eigenvalue weighted by Crippen LogP contribution is 2.26. The molecule has 1 heterocycles. The fourth-order valence-corrected chi connectivity index (χ4v) is 2.55. The molecule has 1 atom stereocenters. The van der Waals surface area contributed by atoms with E-state index in [4.69, 9.17) is 0 Å². The van der Waals surface area contributed by atoms with Gasteiger partial charge in [-0.05, 0) is 18.8 Å². The van der Waals surface area contributed by atoms with Crippen LogP contribution in [0.4, 0.5) is 0 Å². The molecule has 2 fully saturated rings. The van der Waals surface area contributed by atoms with Gasteiger partial charge in [0, 0.05) is 25.7 Å². The highest BCUT2D eigenvalue weighted by molar-refractivity contribution is 4.83. The zero-order chi connectivity index (χ0) is 8.23. The highest BCUT2D eigenvalue weighted by atomic mass is 15.1. The van der Waals surface area contributed by atoms with Gasteiger partial charge in [-0.15, -0.1) is 0 Å². The summed E-state index contributed by atoms with van der Waals surface area (Å²) in [5.41, 5.74) is 0. The maximum Gasteiger partial charge on any atom is 0.0221 e. The average molecular weight is 168 g/mol. The van der Waals surface area contributed by atoms with Crippen molar-refractivity contribution in [3.05, 3.63) is 0 Å². The predicted molar refractivity (Wildman–Crippen MR) is 51.2 cm³/mol. The second kappa shape index (κ2) is 4.24. The number of piperazine rings is 1. The minimum Gasteiger partial charge on any atom is -0.314 e. The Morgan fingerprint density at radius 1 is 0.917 bits per heavy atom. The highest BCUT2D eigenvalue weighted by Gasteiger charge is 2.24. The van der Waals surface area contributed by atoms with Crippen molar-refractivity contribution in [2.24, 2.45) is 5.92 Å². The molecule has 1 saturated carbocycles. The largest absolute Gasteiger partial charge is 0.314 e. The molecule has 0 aromatic carbocycles. The molecule has 2 aliphatic rings. The number of nitrogens with one attached hydrogen (secondary N) is 2. The van der Waals surface area contributed by atoms with Crippen LogP contribution in [-0.4, -0.2) is 25.7 Å². The van der Waals surface area contributed by atoms with Gasteiger partial charge in [0.25, 0.3) is 0 Å². The van der Waals surface area contributed by atoms with E-state index in [1.807, 2.05) is 0 Å². The molecule has 0 radical (unpaired) electrons. The quantitative estimate of drug-likeness (QED) is 0.613. The normalized spacial score (nSPS) is 33.5. The van der Waals surface area contributed by atoms with E-state index in [9.17, 15) is 0 Å². The van der Waals surface area contributed by atoms with E-state index in [2.05, 4.69) is 10.6 Å². The average Bonchev–Trinajstić information content (AvgIpc) is 2.21. The fraction of sp³-hybridized carbons (Fsp3) is 1.00. The molecule has 2 nitrogen and oxygen atoms in total. The number of hydrogen-bond donors (Lipinski definition) is 2. The maximum absolute atomic E-state index is 3.63. The molecule has 1 aliphatic heterocycles. The van der Waals surface area contributed by atoms with E-state index in [1.165, 1.54) is 45.2 Å². The molecule has 0 unspecified atom stereocenters. The Balaban J connectivity index is 1.80. The zero-order valence-corrected chi connectivity index (χ0v) is 7.81. The smallest absolute Gasteiger partial charge is 0.0221 e. The van der Waals surface area contributed by atoms with Gasteiger partial charge < -0.3 is 10.6 Å². The second-order valence-electron chi connectivity index (χ2n) is 4.16. The maximum atomic E-state index is 3.63. The Morgan fingerprint density at radius 3 is 2.42 bits per heavy atom. The van der Waals surface area contributed by atoms with Crippen molar-refractivity contribution in [1.29, 1.82) is 0 Å². The van der Waals surface area contributed by atoms with Gasteiger partial charge in [0.1, 0.15) is 0 Å². The van der Waals surface area contributed by atoms with Gasteiger partial charge in [-0.2, -0.15) is 0 Å². The van der Waals surface area contributed by atoms with E-state index >= 15 is 0 Å². The molecule has 0 aromatic rings. The number of rotatable bonds is 1. The summed E-state index contributed by atoms with van der Waals surface area (Å²) in [6.07, 6.45) is 7.31. The Labute approximate surface area is 75.1 Å². The third kappa shape index (κ3) is 1.99. The summed E-state index contributed by atoms with van der Waals surface area (Å²) in [6.45, 7) is 3.52. The Kier molecular flexibility index (Phi) is 3.01. The first kappa shape index (κ1) is 8.52. The van der Waals surface area contributed by atoms with Crippen LogP contribution in [0, 0.1) is 5.92 Å². The molecule has 0 spiro atoms. The van der Waals surface area contributed by atoms with Crippen LogP contribution in [0.5, 0.6) is 0 Å². The minimum absolute atomic E-state index is 0.777. The summed E-state index contributed by atoms with van der Waals surface area (Å²) in [5.74, 6) is 0.964. The number of hydrogen-bond acceptors (Lipinski definition) is 2. The van der Waals surface area contributed by atoms with Crippen LogP contribution < -0.4 is 10.6 Å². The molecular weight excluding hydrogens is 148 g/mol. The lowest BCUT2D eigenvalue weighted by atomic mass is 9.83. The Bertz CT molecular complexity index is 108. The van der Waals surface area contributed by atoms with Crippen molar-refractivity contribution in [3.63, 3.8) is 0 Å². The first-order valence-corrected chi connectivity index (χ1v) is 5.41. The van der Waals surface area contributed by atoms with Crippen molar-refractivity contribution >= 4 is 0 Å². The summed E-state index contributed by atoms with van der Waals surface area (Å²) in [5, 5.41) is 7.10. The van der Waals surface area contributed by atoms with Crippen LogP contribution in [-0.2, 0) is 0 Å². The van der Waals surface area contributed by atoms with Gasteiger partial charge in [-0.3, -0.25) is 0 Å². The zero-order valence-electron chi connectivity index (χ0n) is 7.81. The monoisotopic (exact) mass is 168 g/mol. The lowest BCUT2D eigenvalue weighted by molar-refractivity contribution is 0.245. The molecule has 0 amide bonds. The lowest BCUT2D eigenvalue weighted by Gasteiger charge is -2.34. The lowest BCUT2D eigenvalue weighted by Crippen LogP contribution is -2.52. The van der Waals surface area contributed by atoms with Crippen LogP contribution in [0.25, 0.3) is 0 Å². The van der Waals surface area contributed by atoms with Crippen molar-refractivity contribution in [1.82, 2.24) is 10.6 Å². The summed E-state index contributed by atoms with van der Waals surface area (Å²) >= 11 is 0. The first-order chi connectivity index (χ1) is 5.97. The summed E-state index contributed by atoms with van der Waals surface area (Å²) in [4.78, 5) is 0. The van der Waals surface area contributed by atoms with Crippen molar-refractivity contribution in [2.75, 3.05) is 19.6 Å². The molecule has 2 N–H and O–H groups in total. The standard InChI is InChI=1S/C10H20N2/c1-2-4-9(5-3-1)10-8-11-6-7-12-10/h9-12H,1-8H2/t10-/m1/s1. The summed E-state index contributed by atoms with van der Waals surface area (Å²) in [6, 6.07) is 0.777. The summed E-state index contributed by atoms with van der Waals surface area (Å²) in [7, 11) is 0. The van der Waals surface area contributed by atoms with Gasteiger partial charge in [0.2, 0.25) is 0 Å². The fourth-order valence-electron chi connectivity index (χ4n) is 2.55. The van der Waals surface area contributed by atoms with Crippen LogP contribution in [0.2, 0.25) is 0 Å². The van der Waals surface area contributed by atoms with Crippen molar-refractivity contribution in [3.8, 4) is 0 Å². The molecule has 1 aliphatic carbocycles. The second-order valence-corrected chi connectivity index (χ2v) is 4.16. The van der Waals surface area contributed by atoms with E-state index in [1.54, 1.807) is 0 Å². The third-order valence-corrected chi connectivity index (χ3v) is 3.29. The molecule has 70 valence electrons. The van der Waals surface area contributed by atoms with Crippen molar-refractivity contribution in [2.45, 2.75) is 38.1 Å². The Hall–Kier alpha value is -0.0800. The molecular formula is C10H20N2. The Morgan fingerprint density at radius 2 is 1.75 bits per heavy atom. The van der Waals surface area contributed by atoms with Gasteiger partial charge in [0.05, 0.1) is 0 Å². The molecule has 2 rings (SSSR count). The predicted octanol–water partition coefficient (Wildman–Crippen LogP) is 1.13. The van der Waals surface area contributed by atoms with E-state index < -0.39 is 0 Å². The van der Waals surface area contributed by atoms with E-state index in [0.29, 0.717) is 0 Å².